The van der Waals surface area contributed by atoms with Crippen LogP contribution in [0.3, 0.4) is 0 Å². The highest BCUT2D eigenvalue weighted by molar-refractivity contribution is 7.10. The van der Waals surface area contributed by atoms with Crippen molar-refractivity contribution in [1.82, 2.24) is 4.90 Å². The highest BCUT2D eigenvalue weighted by Gasteiger charge is 2.39. The number of hydrogen-bond donors (Lipinski definition) is 1. The first kappa shape index (κ1) is 11.7. The molecule has 2 aliphatic heterocycles. The zero-order chi connectivity index (χ0) is 11.7. The van der Waals surface area contributed by atoms with E-state index in [2.05, 4.69) is 16.3 Å². The molecule has 17 heavy (non-hydrogen) atoms. The fourth-order valence-electron chi connectivity index (χ4n) is 3.03. The van der Waals surface area contributed by atoms with E-state index in [9.17, 15) is 0 Å². The molecule has 0 saturated carbocycles. The molecule has 1 fully saturated rings. The molecule has 0 amide bonds. The number of fused-ring (bicyclic) bond motifs is 1. The molecule has 2 N–H and O–H groups in total. The molecule has 94 valence electrons. The Morgan fingerprint density at radius 3 is 3.24 bits per heavy atom. The molecule has 2 aliphatic rings. The summed E-state index contributed by atoms with van der Waals surface area (Å²) in [6.07, 6.45) is 3.50. The average Bonchev–Trinajstić information content (AvgIpc) is 2.86. The first-order valence-electron chi connectivity index (χ1n) is 6.42. The van der Waals surface area contributed by atoms with Crippen LogP contribution in [0.15, 0.2) is 11.4 Å². The number of nitrogens with two attached hydrogens (primary N) is 1. The number of nitrogens with zero attached hydrogens (tertiary/aromatic N) is 1. The molecular weight excluding hydrogens is 232 g/mol. The van der Waals surface area contributed by atoms with Gasteiger partial charge in [0.2, 0.25) is 0 Å². The molecular formula is C13H20N2OS. The van der Waals surface area contributed by atoms with Gasteiger partial charge in [-0.15, -0.1) is 11.3 Å². The average molecular weight is 252 g/mol. The minimum absolute atomic E-state index is 0.0951. The molecule has 0 spiro atoms. The Labute approximate surface area is 107 Å². The second kappa shape index (κ2) is 4.69. The van der Waals surface area contributed by atoms with E-state index in [0.29, 0.717) is 6.54 Å². The van der Waals surface area contributed by atoms with Gasteiger partial charge >= 0.3 is 0 Å². The predicted molar refractivity (Wildman–Crippen MR) is 70.3 cm³/mol. The predicted octanol–water partition coefficient (Wildman–Crippen LogP) is 1.61. The summed E-state index contributed by atoms with van der Waals surface area (Å²) >= 11 is 1.89. The highest BCUT2D eigenvalue weighted by Crippen LogP contribution is 2.32. The van der Waals surface area contributed by atoms with Crippen molar-refractivity contribution in [2.75, 3.05) is 26.3 Å². The van der Waals surface area contributed by atoms with Crippen molar-refractivity contribution >= 4 is 11.3 Å². The van der Waals surface area contributed by atoms with Crippen molar-refractivity contribution in [3.63, 3.8) is 0 Å². The van der Waals surface area contributed by atoms with Crippen LogP contribution in [-0.2, 0) is 17.7 Å². The lowest BCUT2D eigenvalue weighted by Gasteiger charge is -2.47. The summed E-state index contributed by atoms with van der Waals surface area (Å²) in [5, 5.41) is 2.21. The first-order valence-corrected chi connectivity index (χ1v) is 7.30. The van der Waals surface area contributed by atoms with Gasteiger partial charge in [0, 0.05) is 31.1 Å². The molecule has 3 rings (SSSR count). The third-order valence-corrected chi connectivity index (χ3v) is 5.18. The second-order valence-electron chi connectivity index (χ2n) is 5.13. The van der Waals surface area contributed by atoms with Crippen LogP contribution in [0.5, 0.6) is 0 Å². The Balaban J connectivity index is 1.80. The zero-order valence-corrected chi connectivity index (χ0v) is 11.0. The molecule has 4 heteroatoms. The quantitative estimate of drug-likeness (QED) is 0.869. The highest BCUT2D eigenvalue weighted by atomic mass is 32.1. The maximum atomic E-state index is 6.05. The van der Waals surface area contributed by atoms with Gasteiger partial charge in [0.15, 0.2) is 0 Å². The summed E-state index contributed by atoms with van der Waals surface area (Å²) < 4.78 is 5.68. The van der Waals surface area contributed by atoms with E-state index in [0.717, 1.165) is 32.7 Å². The fraction of sp³-hybridized carbons (Fsp3) is 0.692. The summed E-state index contributed by atoms with van der Waals surface area (Å²) in [5.41, 5.74) is 7.64. The lowest BCUT2D eigenvalue weighted by molar-refractivity contribution is -0.0507. The van der Waals surface area contributed by atoms with E-state index in [4.69, 9.17) is 10.5 Å². The van der Waals surface area contributed by atoms with Crippen molar-refractivity contribution in [3.05, 3.63) is 21.9 Å². The molecule has 1 atom stereocenters. The summed E-state index contributed by atoms with van der Waals surface area (Å²) in [5.74, 6) is 0. The van der Waals surface area contributed by atoms with Gasteiger partial charge in [0.05, 0.1) is 12.1 Å². The monoisotopic (exact) mass is 252 g/mol. The lowest BCUT2D eigenvalue weighted by atomic mass is 9.88. The molecule has 0 bridgehead atoms. The van der Waals surface area contributed by atoms with Crippen LogP contribution < -0.4 is 5.73 Å². The van der Waals surface area contributed by atoms with Crippen LogP contribution in [0.4, 0.5) is 0 Å². The van der Waals surface area contributed by atoms with Gasteiger partial charge in [-0.05, 0) is 36.3 Å². The van der Waals surface area contributed by atoms with Gasteiger partial charge in [0.25, 0.3) is 0 Å². The topological polar surface area (TPSA) is 38.5 Å². The Morgan fingerprint density at radius 1 is 1.53 bits per heavy atom. The Hall–Kier alpha value is -0.420. The number of hydrogen-bond acceptors (Lipinski definition) is 4. The molecule has 0 aliphatic carbocycles. The third kappa shape index (κ3) is 2.03. The summed E-state index contributed by atoms with van der Waals surface area (Å²) in [7, 11) is 0. The largest absolute Gasteiger partial charge is 0.379 e. The molecule has 1 aromatic heterocycles. The van der Waals surface area contributed by atoms with E-state index in [1.54, 1.807) is 4.88 Å². The SMILES string of the molecule is NCC1(N2CCc3sccc3C2)CCCOC1. The molecule has 1 unspecified atom stereocenters. The Bertz CT molecular complexity index is 385. The molecule has 1 aromatic rings. The van der Waals surface area contributed by atoms with E-state index in [1.807, 2.05) is 11.3 Å². The van der Waals surface area contributed by atoms with Gasteiger partial charge in [-0.3, -0.25) is 4.90 Å². The maximum absolute atomic E-state index is 6.05. The second-order valence-corrected chi connectivity index (χ2v) is 6.13. The van der Waals surface area contributed by atoms with Gasteiger partial charge in [-0.2, -0.15) is 0 Å². The standard InChI is InChI=1S/C13H20N2OS/c14-9-13(4-1-6-16-10-13)15-5-2-12-11(8-15)3-7-17-12/h3,7H,1-2,4-6,8-10,14H2. The van der Waals surface area contributed by atoms with Crippen molar-refractivity contribution in [3.8, 4) is 0 Å². The summed E-state index contributed by atoms with van der Waals surface area (Å²) in [4.78, 5) is 4.12. The number of ether oxygens (including phenoxy) is 1. The van der Waals surface area contributed by atoms with E-state index in [-0.39, 0.29) is 5.54 Å². The number of thiophene rings is 1. The van der Waals surface area contributed by atoms with Crippen molar-refractivity contribution in [2.24, 2.45) is 5.73 Å². The maximum Gasteiger partial charge on any atom is 0.0662 e. The third-order valence-electron chi connectivity index (χ3n) is 4.16. The molecule has 0 radical (unpaired) electrons. The Kier molecular flexibility index (Phi) is 3.21. The van der Waals surface area contributed by atoms with E-state index >= 15 is 0 Å². The van der Waals surface area contributed by atoms with Gasteiger partial charge in [0.1, 0.15) is 0 Å². The molecule has 0 aromatic carbocycles. The van der Waals surface area contributed by atoms with Gasteiger partial charge < -0.3 is 10.5 Å². The summed E-state index contributed by atoms with van der Waals surface area (Å²) in [6, 6.07) is 2.26. The minimum Gasteiger partial charge on any atom is -0.379 e. The van der Waals surface area contributed by atoms with E-state index < -0.39 is 0 Å². The van der Waals surface area contributed by atoms with Crippen LogP contribution in [0.25, 0.3) is 0 Å². The van der Waals surface area contributed by atoms with Crippen LogP contribution in [0.2, 0.25) is 0 Å². The van der Waals surface area contributed by atoms with Gasteiger partial charge in [-0.25, -0.2) is 0 Å². The molecule has 1 saturated heterocycles. The normalized spacial score (nSPS) is 30.2. The van der Waals surface area contributed by atoms with Crippen molar-refractivity contribution in [1.29, 1.82) is 0 Å². The Morgan fingerprint density at radius 2 is 2.47 bits per heavy atom. The number of rotatable bonds is 2. The zero-order valence-electron chi connectivity index (χ0n) is 10.2. The lowest BCUT2D eigenvalue weighted by Crippen LogP contribution is -2.59. The van der Waals surface area contributed by atoms with Crippen LogP contribution >= 0.6 is 11.3 Å². The van der Waals surface area contributed by atoms with Gasteiger partial charge in [-0.1, -0.05) is 0 Å². The fourth-order valence-corrected chi connectivity index (χ4v) is 3.92. The van der Waals surface area contributed by atoms with Crippen molar-refractivity contribution < 1.29 is 4.74 Å². The van der Waals surface area contributed by atoms with Crippen LogP contribution in [0.1, 0.15) is 23.3 Å². The molecule has 3 nitrogen and oxygen atoms in total. The smallest absolute Gasteiger partial charge is 0.0662 e. The minimum atomic E-state index is 0.0951. The molecule has 3 heterocycles. The van der Waals surface area contributed by atoms with Crippen LogP contribution in [-0.4, -0.2) is 36.7 Å². The van der Waals surface area contributed by atoms with E-state index in [1.165, 1.54) is 18.4 Å². The first-order chi connectivity index (χ1) is 8.34. The van der Waals surface area contributed by atoms with Crippen molar-refractivity contribution in [2.45, 2.75) is 31.3 Å². The van der Waals surface area contributed by atoms with Crippen LogP contribution in [0, 0.1) is 0 Å². The summed E-state index contributed by atoms with van der Waals surface area (Å²) in [6.45, 7) is 4.61.